The molecule has 0 aromatic heterocycles. The molecule has 0 fully saturated rings. The summed E-state index contributed by atoms with van der Waals surface area (Å²) in [6.07, 6.45) is -0.352. The predicted octanol–water partition coefficient (Wildman–Crippen LogP) is 6.99. The van der Waals surface area contributed by atoms with Gasteiger partial charge in [-0.05, 0) is 66.6 Å². The van der Waals surface area contributed by atoms with Gasteiger partial charge in [0.25, 0.3) is 5.91 Å². The van der Waals surface area contributed by atoms with Crippen LogP contribution < -0.4 is 20.1 Å². The van der Waals surface area contributed by atoms with Gasteiger partial charge < -0.3 is 25.0 Å². The molecule has 38 heavy (non-hydrogen) atoms. The smallest absolute Gasteiger partial charge is 0.258 e. The second kappa shape index (κ2) is 11.1. The zero-order valence-electron chi connectivity index (χ0n) is 21.6. The van der Waals surface area contributed by atoms with E-state index in [0.29, 0.717) is 18.7 Å². The summed E-state index contributed by atoms with van der Waals surface area (Å²) in [4.78, 5) is 15.5. The molecule has 1 aliphatic rings. The van der Waals surface area contributed by atoms with Crippen LogP contribution in [0.2, 0.25) is 0 Å². The minimum atomic E-state index is -0.352. The lowest BCUT2D eigenvalue weighted by atomic mass is 10.0. The van der Waals surface area contributed by atoms with E-state index in [2.05, 4.69) is 17.2 Å². The summed E-state index contributed by atoms with van der Waals surface area (Å²) in [5.74, 6) is 1.46. The zero-order chi connectivity index (χ0) is 26.5. The molecule has 0 radical (unpaired) electrons. The standard InChI is InChI=1S/C32H31N3O3/c1-22(2)33-26-14-16-27(17-15-26)38-21-25-19-24(13-18-30(25)37-3)31-34-29-12-8-7-11-28(29)32(36)35(31)20-23-9-5-4-6-10-23/h4-19,31,33-34H,1,20-21H2,2-3H3. The van der Waals surface area contributed by atoms with E-state index >= 15 is 0 Å². The fourth-order valence-corrected chi connectivity index (χ4v) is 4.62. The molecule has 0 aliphatic carbocycles. The maximum absolute atomic E-state index is 13.6. The number of amides is 1. The fourth-order valence-electron chi connectivity index (χ4n) is 4.62. The van der Waals surface area contributed by atoms with Gasteiger partial charge in [0.2, 0.25) is 0 Å². The molecule has 0 bridgehead atoms. The van der Waals surface area contributed by atoms with Gasteiger partial charge in [0.15, 0.2) is 0 Å². The Morgan fingerprint density at radius 1 is 0.974 bits per heavy atom. The van der Waals surface area contributed by atoms with E-state index in [1.165, 1.54) is 0 Å². The molecule has 0 saturated heterocycles. The van der Waals surface area contributed by atoms with E-state index in [9.17, 15) is 4.79 Å². The van der Waals surface area contributed by atoms with Gasteiger partial charge in [0, 0.05) is 29.2 Å². The molecule has 1 unspecified atom stereocenters. The highest BCUT2D eigenvalue weighted by molar-refractivity contribution is 6.01. The molecular weight excluding hydrogens is 474 g/mol. The number of hydrogen-bond acceptors (Lipinski definition) is 5. The van der Waals surface area contributed by atoms with E-state index in [4.69, 9.17) is 9.47 Å². The van der Waals surface area contributed by atoms with E-state index in [1.807, 2.05) is 109 Å². The van der Waals surface area contributed by atoms with Crippen molar-refractivity contribution >= 4 is 17.3 Å². The third-order valence-corrected chi connectivity index (χ3v) is 6.44. The molecular formula is C32H31N3O3. The minimum absolute atomic E-state index is 0.00900. The number of rotatable bonds is 9. The van der Waals surface area contributed by atoms with Gasteiger partial charge in [-0.25, -0.2) is 0 Å². The molecule has 0 saturated carbocycles. The highest BCUT2D eigenvalue weighted by atomic mass is 16.5. The van der Waals surface area contributed by atoms with Crippen LogP contribution in [0.1, 0.15) is 40.1 Å². The average molecular weight is 506 g/mol. The Morgan fingerprint density at radius 3 is 2.45 bits per heavy atom. The van der Waals surface area contributed by atoms with Gasteiger partial charge in [0.05, 0.1) is 12.7 Å². The van der Waals surface area contributed by atoms with Crippen LogP contribution in [-0.4, -0.2) is 17.9 Å². The van der Waals surface area contributed by atoms with E-state index in [-0.39, 0.29) is 12.1 Å². The predicted molar refractivity (Wildman–Crippen MR) is 151 cm³/mol. The van der Waals surface area contributed by atoms with Crippen LogP contribution in [0.25, 0.3) is 0 Å². The molecule has 6 heteroatoms. The molecule has 5 rings (SSSR count). The van der Waals surface area contributed by atoms with Gasteiger partial charge >= 0.3 is 0 Å². The normalized spacial score (nSPS) is 14.3. The molecule has 2 N–H and O–H groups in total. The Kier molecular flexibility index (Phi) is 7.31. The third-order valence-electron chi connectivity index (χ3n) is 6.44. The molecule has 1 heterocycles. The van der Waals surface area contributed by atoms with Crippen molar-refractivity contribution in [2.24, 2.45) is 0 Å². The van der Waals surface area contributed by atoms with Crippen LogP contribution in [0.3, 0.4) is 0 Å². The maximum atomic E-state index is 13.6. The van der Waals surface area contributed by atoms with Gasteiger partial charge in [-0.15, -0.1) is 0 Å². The van der Waals surface area contributed by atoms with Crippen molar-refractivity contribution in [3.63, 3.8) is 0 Å². The lowest BCUT2D eigenvalue weighted by Crippen LogP contribution is -2.42. The number of carbonyl (C=O) groups excluding carboxylic acids is 1. The summed E-state index contributed by atoms with van der Waals surface area (Å²) in [7, 11) is 1.65. The van der Waals surface area contributed by atoms with Gasteiger partial charge in [0.1, 0.15) is 24.3 Å². The number of hydrogen-bond donors (Lipinski definition) is 2. The highest BCUT2D eigenvalue weighted by Gasteiger charge is 2.33. The molecule has 1 atom stereocenters. The molecule has 4 aromatic rings. The zero-order valence-corrected chi connectivity index (χ0v) is 21.6. The highest BCUT2D eigenvalue weighted by Crippen LogP contribution is 2.36. The van der Waals surface area contributed by atoms with Crippen LogP contribution in [0.5, 0.6) is 11.5 Å². The van der Waals surface area contributed by atoms with Gasteiger partial charge in [-0.2, -0.15) is 0 Å². The Balaban J connectivity index is 1.43. The van der Waals surface area contributed by atoms with Crippen molar-refractivity contribution < 1.29 is 14.3 Å². The Bertz CT molecular complexity index is 1430. The molecule has 192 valence electrons. The first kappa shape index (κ1) is 25.0. The Hall–Kier alpha value is -4.71. The average Bonchev–Trinajstić information content (AvgIpc) is 2.94. The number of nitrogens with zero attached hydrogens (tertiary/aromatic N) is 1. The number of para-hydroxylation sites is 1. The number of carbonyl (C=O) groups is 1. The first-order valence-corrected chi connectivity index (χ1v) is 12.5. The molecule has 1 amide bonds. The number of methoxy groups -OCH3 is 1. The van der Waals surface area contributed by atoms with E-state index in [1.54, 1.807) is 7.11 Å². The largest absolute Gasteiger partial charge is 0.496 e. The second-order valence-electron chi connectivity index (χ2n) is 9.30. The molecule has 0 spiro atoms. The quantitative estimate of drug-likeness (QED) is 0.257. The van der Waals surface area contributed by atoms with Crippen molar-refractivity contribution in [1.29, 1.82) is 0 Å². The molecule has 6 nitrogen and oxygen atoms in total. The van der Waals surface area contributed by atoms with Crippen molar-refractivity contribution in [2.45, 2.75) is 26.2 Å². The number of fused-ring (bicyclic) bond motifs is 1. The number of nitrogens with one attached hydrogen (secondary N) is 2. The van der Waals surface area contributed by atoms with E-state index in [0.717, 1.165) is 45.3 Å². The first-order valence-electron chi connectivity index (χ1n) is 12.5. The summed E-state index contributed by atoms with van der Waals surface area (Å²) in [5, 5.41) is 6.77. The lowest BCUT2D eigenvalue weighted by Gasteiger charge is -2.38. The van der Waals surface area contributed by atoms with Crippen molar-refractivity contribution in [3.05, 3.63) is 132 Å². The van der Waals surface area contributed by atoms with E-state index < -0.39 is 0 Å². The summed E-state index contributed by atoms with van der Waals surface area (Å²) < 4.78 is 11.7. The topological polar surface area (TPSA) is 62.8 Å². The lowest BCUT2D eigenvalue weighted by molar-refractivity contribution is 0.0666. The van der Waals surface area contributed by atoms with Crippen LogP contribution in [0, 0.1) is 0 Å². The number of anilines is 2. The SMILES string of the molecule is C=C(C)Nc1ccc(OCc2cc(C3Nc4ccccc4C(=O)N3Cc3ccccc3)ccc2OC)cc1. The van der Waals surface area contributed by atoms with Crippen LogP contribution in [-0.2, 0) is 13.2 Å². The number of benzene rings is 4. The summed E-state index contributed by atoms with van der Waals surface area (Å²) >= 11 is 0. The third kappa shape index (κ3) is 5.49. The van der Waals surface area contributed by atoms with Crippen molar-refractivity contribution in [3.8, 4) is 11.5 Å². The van der Waals surface area contributed by atoms with Crippen LogP contribution in [0.15, 0.2) is 109 Å². The van der Waals surface area contributed by atoms with Gasteiger partial charge in [-0.1, -0.05) is 55.1 Å². The minimum Gasteiger partial charge on any atom is -0.496 e. The van der Waals surface area contributed by atoms with Crippen LogP contribution >= 0.6 is 0 Å². The maximum Gasteiger partial charge on any atom is 0.258 e. The number of allylic oxidation sites excluding steroid dienone is 1. The molecule has 1 aliphatic heterocycles. The second-order valence-corrected chi connectivity index (χ2v) is 9.30. The monoisotopic (exact) mass is 505 g/mol. The summed E-state index contributed by atoms with van der Waals surface area (Å²) in [5.41, 5.74) is 6.22. The molecule has 4 aromatic carbocycles. The van der Waals surface area contributed by atoms with Crippen molar-refractivity contribution in [2.75, 3.05) is 17.7 Å². The summed E-state index contributed by atoms with van der Waals surface area (Å²) in [6.45, 7) is 6.59. The fraction of sp³-hybridized carbons (Fsp3) is 0.156. The first-order chi connectivity index (χ1) is 18.5. The van der Waals surface area contributed by atoms with Crippen LogP contribution in [0.4, 0.5) is 11.4 Å². The van der Waals surface area contributed by atoms with Crippen molar-refractivity contribution in [1.82, 2.24) is 4.90 Å². The van der Waals surface area contributed by atoms with Gasteiger partial charge in [-0.3, -0.25) is 4.79 Å². The Morgan fingerprint density at radius 2 is 1.71 bits per heavy atom. The Labute approximate surface area is 223 Å². The number of ether oxygens (including phenoxy) is 2. The summed E-state index contributed by atoms with van der Waals surface area (Å²) in [6, 6.07) is 31.4.